The van der Waals surface area contributed by atoms with Crippen LogP contribution in [0.25, 0.3) is 11.8 Å². The first kappa shape index (κ1) is 28.9. The predicted octanol–water partition coefficient (Wildman–Crippen LogP) is 1.93. The molecule has 3 aliphatic carbocycles. The summed E-state index contributed by atoms with van der Waals surface area (Å²) < 4.78 is 5.16. The molecular formula is C31H32N2O9. The summed E-state index contributed by atoms with van der Waals surface area (Å²) in [7, 11) is 4.57. The van der Waals surface area contributed by atoms with E-state index in [1.165, 1.54) is 24.1 Å². The van der Waals surface area contributed by atoms with Gasteiger partial charge in [0.1, 0.15) is 22.8 Å². The first-order valence-electron chi connectivity index (χ1n) is 13.3. The number of aromatic hydroxyl groups is 2. The summed E-state index contributed by atoms with van der Waals surface area (Å²) in [5, 5.41) is 54.6. The van der Waals surface area contributed by atoms with E-state index >= 15 is 0 Å². The highest BCUT2D eigenvalue weighted by Gasteiger charge is 2.64. The van der Waals surface area contributed by atoms with Gasteiger partial charge >= 0.3 is 0 Å². The lowest BCUT2D eigenvalue weighted by atomic mass is 9.57. The average molecular weight is 577 g/mol. The number of methoxy groups -OCH3 is 1. The van der Waals surface area contributed by atoms with Gasteiger partial charge in [-0.2, -0.15) is 0 Å². The van der Waals surface area contributed by atoms with E-state index in [1.54, 1.807) is 32.3 Å². The van der Waals surface area contributed by atoms with E-state index in [-0.39, 0.29) is 35.5 Å². The normalized spacial score (nSPS) is 25.5. The number of aliphatic hydroxyl groups is 3. The highest BCUT2D eigenvalue weighted by molar-refractivity contribution is 6.24. The number of hydrogen-bond donors (Lipinski definition) is 6. The lowest BCUT2D eigenvalue weighted by molar-refractivity contribution is -0.153. The molecule has 0 saturated heterocycles. The van der Waals surface area contributed by atoms with Gasteiger partial charge in [0.2, 0.25) is 5.78 Å². The quantitative estimate of drug-likeness (QED) is 0.277. The van der Waals surface area contributed by atoms with E-state index in [2.05, 4.69) is 0 Å². The zero-order valence-electron chi connectivity index (χ0n) is 23.3. The number of nitrogens with two attached hydrogens (primary N) is 1. The molecule has 0 unspecified atom stereocenters. The summed E-state index contributed by atoms with van der Waals surface area (Å²) in [5.74, 6) is -6.51. The van der Waals surface area contributed by atoms with Gasteiger partial charge in [0.05, 0.1) is 18.7 Å². The van der Waals surface area contributed by atoms with Crippen LogP contribution >= 0.6 is 0 Å². The van der Waals surface area contributed by atoms with Gasteiger partial charge in [-0.3, -0.25) is 19.3 Å². The number of ether oxygens (including phenoxy) is 1. The van der Waals surface area contributed by atoms with Crippen LogP contribution in [0.5, 0.6) is 17.2 Å². The molecule has 0 radical (unpaired) electrons. The number of nitrogens with zero attached hydrogens (tertiary/aromatic N) is 1. The van der Waals surface area contributed by atoms with Gasteiger partial charge < -0.3 is 36.0 Å². The molecule has 5 rings (SSSR count). The van der Waals surface area contributed by atoms with Crippen LogP contribution in [0.2, 0.25) is 0 Å². The SMILES string of the molecule is COc1cc(C/C=C\c2ccc(O)c3c2C[C@H]2C[C@H]4[C@H](N(C)C)C(=O)C(C(N)=O)=C(O)[C@@]4(O)C(=O)C2=C3O)ccc1O. The van der Waals surface area contributed by atoms with Crippen LogP contribution < -0.4 is 10.5 Å². The number of aliphatic hydroxyl groups excluding tert-OH is 2. The second-order valence-electron chi connectivity index (χ2n) is 11.1. The first-order chi connectivity index (χ1) is 19.8. The van der Waals surface area contributed by atoms with Crippen molar-refractivity contribution in [3.63, 3.8) is 0 Å². The fourth-order valence-electron chi connectivity index (χ4n) is 6.60. The second kappa shape index (κ2) is 10.3. The van der Waals surface area contributed by atoms with Crippen LogP contribution in [0.4, 0.5) is 0 Å². The summed E-state index contributed by atoms with van der Waals surface area (Å²) >= 11 is 0. The van der Waals surface area contributed by atoms with Crippen molar-refractivity contribution in [1.82, 2.24) is 4.90 Å². The molecule has 0 spiro atoms. The highest BCUT2D eigenvalue weighted by Crippen LogP contribution is 2.53. The third-order valence-corrected chi connectivity index (χ3v) is 8.54. The monoisotopic (exact) mass is 576 g/mol. The molecule has 2 aromatic carbocycles. The van der Waals surface area contributed by atoms with Crippen molar-refractivity contribution in [1.29, 1.82) is 0 Å². The maximum Gasteiger partial charge on any atom is 0.255 e. The molecule has 1 fully saturated rings. The molecule has 0 bridgehead atoms. The molecule has 0 aliphatic heterocycles. The van der Waals surface area contributed by atoms with E-state index in [1.807, 2.05) is 12.2 Å². The minimum Gasteiger partial charge on any atom is -0.508 e. The lowest BCUT2D eigenvalue weighted by Gasteiger charge is -2.50. The zero-order valence-corrected chi connectivity index (χ0v) is 23.3. The standard InChI is InChI=1S/C31H32N2O9/c1-33(2)25-18-13-16-12-17-15(6-4-5-14-7-9-19(34)21(11-14)42-3)8-10-20(35)23(17)26(36)22(16)28(38)31(18,41)29(39)24(27(25)37)30(32)40/h4,6-11,16,18,25,34-36,39,41H,5,12-13H2,1-3H3,(H2,32,40)/b6-4-/t16-,18-,25-,31-/m0/s1. The lowest BCUT2D eigenvalue weighted by Crippen LogP contribution is -2.65. The van der Waals surface area contributed by atoms with Gasteiger partial charge in [-0.05, 0) is 74.2 Å². The predicted molar refractivity (Wildman–Crippen MR) is 152 cm³/mol. The summed E-state index contributed by atoms with van der Waals surface area (Å²) in [4.78, 5) is 40.7. The van der Waals surface area contributed by atoms with Crippen molar-refractivity contribution < 1.29 is 44.7 Å². The minimum atomic E-state index is -2.68. The number of carbonyl (C=O) groups excluding carboxylic acids is 3. The second-order valence-corrected chi connectivity index (χ2v) is 11.1. The number of hydrogen-bond acceptors (Lipinski definition) is 10. The molecule has 4 atom stereocenters. The number of primary amides is 1. The number of allylic oxidation sites excluding steroid dienone is 1. The Kier molecular flexibility index (Phi) is 7.12. The van der Waals surface area contributed by atoms with Crippen molar-refractivity contribution in [3.8, 4) is 17.2 Å². The molecule has 0 aromatic heterocycles. The van der Waals surface area contributed by atoms with Crippen molar-refractivity contribution in [2.45, 2.75) is 30.9 Å². The fourth-order valence-corrected chi connectivity index (χ4v) is 6.60. The number of carbonyl (C=O) groups is 3. The Morgan fingerprint density at radius 3 is 2.45 bits per heavy atom. The minimum absolute atomic E-state index is 0.0118. The number of ketones is 2. The highest BCUT2D eigenvalue weighted by atomic mass is 16.5. The van der Waals surface area contributed by atoms with Gasteiger partial charge in [-0.1, -0.05) is 24.3 Å². The molecule has 220 valence electrons. The molecule has 2 aromatic rings. The molecule has 1 amide bonds. The number of phenols is 2. The smallest absolute Gasteiger partial charge is 0.255 e. The maximum absolute atomic E-state index is 13.9. The molecular weight excluding hydrogens is 544 g/mol. The van der Waals surface area contributed by atoms with E-state index in [0.717, 1.165) is 5.56 Å². The Labute approximate surface area is 241 Å². The Morgan fingerprint density at radius 2 is 1.81 bits per heavy atom. The number of rotatable bonds is 6. The molecule has 1 saturated carbocycles. The van der Waals surface area contributed by atoms with Crippen LogP contribution in [0, 0.1) is 11.8 Å². The molecule has 42 heavy (non-hydrogen) atoms. The van der Waals surface area contributed by atoms with E-state index in [0.29, 0.717) is 23.3 Å². The number of fused-ring (bicyclic) bond motifs is 3. The van der Waals surface area contributed by atoms with E-state index in [9.17, 15) is 39.9 Å². The first-order valence-corrected chi connectivity index (χ1v) is 13.3. The summed E-state index contributed by atoms with van der Waals surface area (Å²) in [6.07, 6.45) is 4.37. The molecule has 0 heterocycles. The zero-order chi connectivity index (χ0) is 30.7. The van der Waals surface area contributed by atoms with Crippen LogP contribution in [0.15, 0.2) is 53.3 Å². The Balaban J connectivity index is 1.58. The van der Waals surface area contributed by atoms with Crippen LogP contribution in [0.1, 0.15) is 28.7 Å². The Bertz CT molecular complexity index is 1620. The number of Topliss-reactive ketones (excluding diaryl/α,β-unsaturated/α-hetero) is 2. The molecule has 3 aliphatic rings. The summed E-state index contributed by atoms with van der Waals surface area (Å²) in [6, 6.07) is 6.92. The largest absolute Gasteiger partial charge is 0.508 e. The number of amides is 1. The van der Waals surface area contributed by atoms with Crippen molar-refractivity contribution >= 4 is 29.3 Å². The van der Waals surface area contributed by atoms with Gasteiger partial charge in [0.15, 0.2) is 22.9 Å². The topological polar surface area (TPSA) is 191 Å². The average Bonchev–Trinajstić information content (AvgIpc) is 2.92. The Morgan fingerprint density at radius 1 is 1.12 bits per heavy atom. The van der Waals surface area contributed by atoms with Crippen LogP contribution in [-0.2, 0) is 27.2 Å². The fraction of sp³-hybridized carbons (Fsp3) is 0.323. The number of benzene rings is 2. The van der Waals surface area contributed by atoms with Crippen molar-refractivity contribution in [2.24, 2.45) is 17.6 Å². The third-order valence-electron chi connectivity index (χ3n) is 8.54. The van der Waals surface area contributed by atoms with E-state index < -0.39 is 58.0 Å². The number of phenolic OH excluding ortho intramolecular Hbond substituents is 2. The van der Waals surface area contributed by atoms with Gasteiger partial charge in [-0.25, -0.2) is 0 Å². The molecule has 11 nitrogen and oxygen atoms in total. The van der Waals surface area contributed by atoms with E-state index in [4.69, 9.17) is 10.5 Å². The maximum atomic E-state index is 13.9. The van der Waals surface area contributed by atoms with Crippen molar-refractivity contribution in [2.75, 3.05) is 21.2 Å². The van der Waals surface area contributed by atoms with Crippen molar-refractivity contribution in [3.05, 3.63) is 75.6 Å². The van der Waals surface area contributed by atoms with Crippen LogP contribution in [0.3, 0.4) is 0 Å². The molecule has 11 heteroatoms. The van der Waals surface area contributed by atoms with Gasteiger partial charge in [0.25, 0.3) is 5.91 Å². The van der Waals surface area contributed by atoms with Gasteiger partial charge in [-0.15, -0.1) is 0 Å². The number of likely N-dealkylation sites (N-methyl/N-ethyl adjacent to an activating group) is 1. The summed E-state index contributed by atoms with van der Waals surface area (Å²) in [6.45, 7) is 0. The summed E-state index contributed by atoms with van der Waals surface area (Å²) in [5.41, 5.74) is 3.78. The molecule has 7 N–H and O–H groups in total. The van der Waals surface area contributed by atoms with Gasteiger partial charge in [0, 0.05) is 11.5 Å². The van der Waals surface area contributed by atoms with Crippen LogP contribution in [-0.4, -0.2) is 80.8 Å². The third kappa shape index (κ3) is 4.24. The Hall–Kier alpha value is -4.61.